The van der Waals surface area contributed by atoms with Crippen molar-refractivity contribution in [3.8, 4) is 0 Å². The van der Waals surface area contributed by atoms with E-state index < -0.39 is 0 Å². The van der Waals surface area contributed by atoms with E-state index in [9.17, 15) is 0 Å². The van der Waals surface area contributed by atoms with Gasteiger partial charge >= 0.3 is 36.2 Å². The van der Waals surface area contributed by atoms with Gasteiger partial charge in [0.05, 0.1) is 0 Å². The first-order valence-corrected chi connectivity index (χ1v) is 0.333. The van der Waals surface area contributed by atoms with Crippen LogP contribution >= 0.6 is 0 Å². The first-order valence-electron chi connectivity index (χ1n) is 0.333. The zero-order valence-electron chi connectivity index (χ0n) is 6.73. The van der Waals surface area contributed by atoms with Crippen molar-refractivity contribution >= 4 is 32.8 Å². The molecule has 14 valence electrons. The summed E-state index contributed by atoms with van der Waals surface area (Å²) in [6.07, 6.45) is 0. The standard InChI is InChI=1S/Al.B2.Li.4H/c;1-2;;;;;/q+3;;+1;4*-1. The molecule has 0 aromatic heterocycles. The summed E-state index contributed by atoms with van der Waals surface area (Å²) in [4.78, 5) is 0. The third kappa shape index (κ3) is 10.5. The van der Waals surface area contributed by atoms with Crippen molar-refractivity contribution in [1.29, 1.82) is 0 Å². The molecule has 0 fully saturated rings. The van der Waals surface area contributed by atoms with Crippen LogP contribution in [0.5, 0.6) is 0 Å². The van der Waals surface area contributed by atoms with E-state index in [1.54, 1.807) is 0 Å². The van der Waals surface area contributed by atoms with Gasteiger partial charge < -0.3 is 5.71 Å². The van der Waals surface area contributed by atoms with Crippen molar-refractivity contribution in [1.82, 2.24) is 0 Å². The maximum Gasteiger partial charge on any atom is 3.00 e. The fourth-order valence-electron chi connectivity index (χ4n) is 0. The van der Waals surface area contributed by atoms with E-state index >= 15 is 0 Å². The first kappa shape index (κ1) is 18.7. The number of hydrogen-bond acceptors (Lipinski definition) is 0. The maximum atomic E-state index is 4.00. The van der Waals surface area contributed by atoms with Crippen LogP contribution in [0.15, 0.2) is 0 Å². The summed E-state index contributed by atoms with van der Waals surface area (Å²) in [5.41, 5.74) is 0. The van der Waals surface area contributed by atoms with Gasteiger partial charge in [-0.2, -0.15) is 0 Å². The molecule has 0 saturated heterocycles. The molecule has 0 aliphatic rings. The van der Waals surface area contributed by atoms with Crippen LogP contribution in [-0.4, -0.2) is 32.8 Å². The molecule has 0 atom stereocenters. The molecule has 0 heterocycles. The molecule has 0 N–H and O–H groups in total. The summed E-state index contributed by atoms with van der Waals surface area (Å²) in [5.74, 6) is 0. The Bertz CT molecular complexity index is 14.0. The van der Waals surface area contributed by atoms with E-state index in [-0.39, 0.29) is 41.9 Å². The molecular weight excluding hydrogens is 55.5 g/mol. The average Bonchev–Trinajstić information content (AvgIpc) is 1.00. The average molecular weight is 59.6 g/mol. The van der Waals surface area contributed by atoms with Gasteiger partial charge in [0.1, 0.15) is 0 Å². The Morgan fingerprint density at radius 1 is 1.25 bits per heavy atom. The summed E-state index contributed by atoms with van der Waals surface area (Å²) in [6.45, 7) is 0. The monoisotopic (exact) mass is 60.0 g/mol. The summed E-state index contributed by atoms with van der Waals surface area (Å²) in [6, 6.07) is 0. The van der Waals surface area contributed by atoms with Gasteiger partial charge in [0.2, 0.25) is 0 Å². The van der Waals surface area contributed by atoms with Crippen LogP contribution in [0.4, 0.5) is 0 Å². The molecule has 0 aromatic carbocycles. The fraction of sp³-hybridized carbons (Fsp3) is 0. The molecule has 0 bridgehead atoms. The van der Waals surface area contributed by atoms with Crippen LogP contribution in [0.2, 0.25) is 0 Å². The van der Waals surface area contributed by atoms with Crippen LogP contribution in [0.3, 0.4) is 0 Å². The minimum absolute atomic E-state index is 0. The van der Waals surface area contributed by atoms with Gasteiger partial charge in [-0.3, -0.25) is 0 Å². The predicted molar refractivity (Wildman–Crippen MR) is 21.7 cm³/mol. The van der Waals surface area contributed by atoms with Gasteiger partial charge in [-0.1, -0.05) is 0 Å². The van der Waals surface area contributed by atoms with Crippen molar-refractivity contribution in [2.45, 2.75) is 0 Å². The summed E-state index contributed by atoms with van der Waals surface area (Å²) < 4.78 is 0. The predicted octanol–water partition coefficient (Wildman–Crippen LogP) is -3.69. The quantitative estimate of drug-likeness (QED) is 0.252. The Morgan fingerprint density at radius 2 is 1.25 bits per heavy atom. The van der Waals surface area contributed by atoms with E-state index in [1.807, 2.05) is 0 Å². The van der Waals surface area contributed by atoms with Gasteiger partial charge in [0, 0.05) is 15.5 Å². The molecule has 0 amide bonds. The molecule has 0 saturated carbocycles. The van der Waals surface area contributed by atoms with Crippen LogP contribution < -0.4 is 18.9 Å². The van der Waals surface area contributed by atoms with E-state index in [0.717, 1.165) is 0 Å². The Balaban J connectivity index is -0.000000000333. The Labute approximate surface area is 57.8 Å². The molecule has 4 radical (unpaired) electrons. The number of rotatable bonds is 0. The van der Waals surface area contributed by atoms with Gasteiger partial charge in [-0.15, -0.1) is 0 Å². The third-order valence-corrected chi connectivity index (χ3v) is 0. The van der Waals surface area contributed by atoms with Crippen molar-refractivity contribution in [3.05, 3.63) is 0 Å². The van der Waals surface area contributed by atoms with Crippen LogP contribution in [0.1, 0.15) is 5.71 Å². The summed E-state index contributed by atoms with van der Waals surface area (Å²) >= 11 is 0. The van der Waals surface area contributed by atoms with Crippen molar-refractivity contribution in [2.75, 3.05) is 0 Å². The second-order valence-corrected chi connectivity index (χ2v) is 0. The first-order chi connectivity index (χ1) is 1.00. The van der Waals surface area contributed by atoms with Crippen molar-refractivity contribution < 1.29 is 24.6 Å². The second kappa shape index (κ2) is 28.5. The Hall–Kier alpha value is 1.26. The Morgan fingerprint density at radius 3 is 1.25 bits per heavy atom. The molecule has 0 spiro atoms. The second-order valence-electron chi connectivity index (χ2n) is 0. The molecule has 0 unspecified atom stereocenters. The zero-order chi connectivity index (χ0) is 2.00. The molecule has 0 aromatic rings. The maximum absolute atomic E-state index is 4.00. The molecule has 4 heteroatoms. The minimum atomic E-state index is 0. The van der Waals surface area contributed by atoms with Gasteiger partial charge in [-0.25, -0.2) is 0 Å². The fourth-order valence-corrected chi connectivity index (χ4v) is 0. The summed E-state index contributed by atoms with van der Waals surface area (Å²) in [5, 5.41) is 0. The van der Waals surface area contributed by atoms with Gasteiger partial charge in [0.25, 0.3) is 0 Å². The third-order valence-electron chi connectivity index (χ3n) is 0. The molecule has 0 rings (SSSR count). The molecule has 0 aliphatic heterocycles. The van der Waals surface area contributed by atoms with E-state index in [4.69, 9.17) is 0 Å². The Kier molecular flexibility index (Phi) is 133. The molecule has 0 aliphatic carbocycles. The van der Waals surface area contributed by atoms with Crippen molar-refractivity contribution in [3.63, 3.8) is 0 Å². The topological polar surface area (TPSA) is 0 Å². The number of hydrogen-bond donors (Lipinski definition) is 0. The van der Waals surface area contributed by atoms with Gasteiger partial charge in [-0.05, 0) is 0 Å². The molecular formula is H4AlB2Li. The minimum Gasteiger partial charge on any atom is -1.00 e. The summed E-state index contributed by atoms with van der Waals surface area (Å²) in [7, 11) is 8.00. The van der Waals surface area contributed by atoms with Crippen LogP contribution in [0, 0.1) is 0 Å². The van der Waals surface area contributed by atoms with E-state index in [2.05, 4.69) is 15.5 Å². The van der Waals surface area contributed by atoms with E-state index in [0.29, 0.717) is 0 Å². The largest absolute Gasteiger partial charge is 3.00 e. The van der Waals surface area contributed by atoms with E-state index in [1.165, 1.54) is 0 Å². The zero-order valence-corrected chi connectivity index (χ0v) is 3.89. The van der Waals surface area contributed by atoms with Gasteiger partial charge in [0.15, 0.2) is 0 Å². The van der Waals surface area contributed by atoms with Crippen LogP contribution in [-0.2, 0) is 0 Å². The van der Waals surface area contributed by atoms with Crippen molar-refractivity contribution in [2.24, 2.45) is 0 Å². The normalized spacial score (nSPS) is 1.00. The molecule has 4 heavy (non-hydrogen) atoms. The molecule has 0 nitrogen and oxygen atoms in total. The smallest absolute Gasteiger partial charge is 1.00 e. The SMILES string of the molecule is [Al+3].[B][B].[H-].[H-].[H-].[H-].[Li+]. The van der Waals surface area contributed by atoms with Crippen LogP contribution in [0.25, 0.3) is 0 Å².